The summed E-state index contributed by atoms with van der Waals surface area (Å²) >= 11 is 0. The maximum absolute atomic E-state index is 9.98. The van der Waals surface area contributed by atoms with Gasteiger partial charge in [-0.1, -0.05) is 0 Å². The summed E-state index contributed by atoms with van der Waals surface area (Å²) < 4.78 is 0. The fourth-order valence-electron chi connectivity index (χ4n) is 0.368. The lowest BCUT2D eigenvalue weighted by Crippen LogP contribution is -2.11. The van der Waals surface area contributed by atoms with Gasteiger partial charge in [0.05, 0.1) is 0 Å². The van der Waals surface area contributed by atoms with Gasteiger partial charge >= 0.3 is 6.16 Å². The summed E-state index contributed by atoms with van der Waals surface area (Å²) in [5.74, 6) is 0.111. The average molecular weight is 147 g/mol. The van der Waals surface area contributed by atoms with Crippen LogP contribution < -0.4 is 5.73 Å². The van der Waals surface area contributed by atoms with Crippen molar-refractivity contribution in [2.24, 2.45) is 11.7 Å². The molecule has 0 atom stereocenters. The van der Waals surface area contributed by atoms with Gasteiger partial charge in [0.2, 0.25) is 5.91 Å². The van der Waals surface area contributed by atoms with Crippen molar-refractivity contribution in [3.8, 4) is 0 Å². The van der Waals surface area contributed by atoms with Crippen LogP contribution in [0.5, 0.6) is 0 Å². The standard InChI is InChI=1S/C4H7NO.CH2O3/c5-4(6)3-1-2-3;2-1(3)4/h3H,1-2H2,(H2,5,6);(H2,2,3,4). The van der Waals surface area contributed by atoms with Crippen LogP contribution in [-0.4, -0.2) is 22.3 Å². The molecule has 1 aliphatic rings. The second-order valence-corrected chi connectivity index (χ2v) is 1.96. The van der Waals surface area contributed by atoms with Crippen LogP contribution in [0.1, 0.15) is 12.8 Å². The predicted octanol–water partition coefficient (Wildman–Crippen LogP) is 0.104. The Hall–Kier alpha value is -1.26. The van der Waals surface area contributed by atoms with Gasteiger partial charge in [-0.05, 0) is 12.8 Å². The van der Waals surface area contributed by atoms with E-state index in [2.05, 4.69) is 0 Å². The quantitative estimate of drug-likeness (QED) is 0.489. The van der Waals surface area contributed by atoms with Crippen molar-refractivity contribution in [1.82, 2.24) is 0 Å². The maximum atomic E-state index is 9.98. The molecule has 0 heterocycles. The molecule has 0 radical (unpaired) electrons. The molecule has 5 nitrogen and oxygen atoms in total. The highest BCUT2D eigenvalue weighted by Crippen LogP contribution is 2.27. The average Bonchev–Trinajstić information content (AvgIpc) is 2.38. The molecule has 0 aromatic rings. The molecule has 1 fully saturated rings. The SMILES string of the molecule is NC(=O)C1CC1.O=C(O)O. The van der Waals surface area contributed by atoms with Crippen LogP contribution in [0.15, 0.2) is 0 Å². The lowest BCUT2D eigenvalue weighted by Gasteiger charge is -1.77. The van der Waals surface area contributed by atoms with E-state index in [9.17, 15) is 4.79 Å². The van der Waals surface area contributed by atoms with Gasteiger partial charge in [-0.3, -0.25) is 4.79 Å². The Labute approximate surface area is 57.5 Å². The Kier molecular flexibility index (Phi) is 3.24. The highest BCUT2D eigenvalue weighted by molar-refractivity contribution is 5.78. The summed E-state index contributed by atoms with van der Waals surface area (Å²) in [7, 11) is 0. The lowest BCUT2D eigenvalue weighted by molar-refractivity contribution is -0.119. The second kappa shape index (κ2) is 3.71. The van der Waals surface area contributed by atoms with E-state index in [0.29, 0.717) is 0 Å². The highest BCUT2D eigenvalue weighted by atomic mass is 16.6. The van der Waals surface area contributed by atoms with Crippen LogP contribution in [0.3, 0.4) is 0 Å². The van der Waals surface area contributed by atoms with Crippen molar-refractivity contribution in [1.29, 1.82) is 0 Å². The first-order valence-corrected chi connectivity index (χ1v) is 2.75. The third kappa shape index (κ3) is 6.74. The van der Waals surface area contributed by atoms with Gasteiger partial charge in [-0.2, -0.15) is 0 Å². The molecule has 5 heteroatoms. The molecule has 1 aliphatic carbocycles. The molecule has 1 amide bonds. The van der Waals surface area contributed by atoms with Crippen LogP contribution in [0.25, 0.3) is 0 Å². The number of nitrogens with two attached hydrogens (primary N) is 1. The Morgan fingerprint density at radius 1 is 1.30 bits per heavy atom. The molecule has 0 aliphatic heterocycles. The van der Waals surface area contributed by atoms with Gasteiger partial charge in [0.1, 0.15) is 0 Å². The van der Waals surface area contributed by atoms with E-state index >= 15 is 0 Å². The zero-order chi connectivity index (χ0) is 8.15. The summed E-state index contributed by atoms with van der Waals surface area (Å²) in [6.45, 7) is 0. The molecule has 0 bridgehead atoms. The summed E-state index contributed by atoms with van der Waals surface area (Å²) in [4.78, 5) is 18.5. The third-order valence-electron chi connectivity index (χ3n) is 0.980. The van der Waals surface area contributed by atoms with Crippen molar-refractivity contribution in [3.05, 3.63) is 0 Å². The fraction of sp³-hybridized carbons (Fsp3) is 0.600. The fourth-order valence-corrected chi connectivity index (χ4v) is 0.368. The van der Waals surface area contributed by atoms with E-state index < -0.39 is 6.16 Å². The Morgan fingerprint density at radius 2 is 1.60 bits per heavy atom. The molecule has 0 spiro atoms. The smallest absolute Gasteiger partial charge is 0.450 e. The second-order valence-electron chi connectivity index (χ2n) is 1.96. The normalized spacial score (nSPS) is 14.8. The van der Waals surface area contributed by atoms with E-state index in [0.717, 1.165) is 12.8 Å². The molecule has 10 heavy (non-hydrogen) atoms. The van der Waals surface area contributed by atoms with Gasteiger partial charge in [-0.15, -0.1) is 0 Å². The molecular formula is C5H9NO4. The molecule has 0 unspecified atom stereocenters. The van der Waals surface area contributed by atoms with Gasteiger partial charge in [0, 0.05) is 5.92 Å². The van der Waals surface area contributed by atoms with E-state index in [-0.39, 0.29) is 11.8 Å². The van der Waals surface area contributed by atoms with Crippen molar-refractivity contribution >= 4 is 12.1 Å². The van der Waals surface area contributed by atoms with E-state index in [1.54, 1.807) is 0 Å². The topological polar surface area (TPSA) is 101 Å². The number of hydrogen-bond acceptors (Lipinski definition) is 2. The van der Waals surface area contributed by atoms with Crippen molar-refractivity contribution in [2.75, 3.05) is 0 Å². The number of rotatable bonds is 1. The van der Waals surface area contributed by atoms with Gasteiger partial charge in [0.15, 0.2) is 0 Å². The van der Waals surface area contributed by atoms with Gasteiger partial charge < -0.3 is 15.9 Å². The summed E-state index contributed by atoms with van der Waals surface area (Å²) in [6.07, 6.45) is 0.213. The largest absolute Gasteiger partial charge is 0.503 e. The maximum Gasteiger partial charge on any atom is 0.503 e. The molecule has 1 saturated carbocycles. The molecule has 0 saturated heterocycles. The number of amides is 1. The minimum atomic E-state index is -1.83. The van der Waals surface area contributed by atoms with E-state index in [4.69, 9.17) is 20.7 Å². The first kappa shape index (κ1) is 8.74. The van der Waals surface area contributed by atoms with E-state index in [1.807, 2.05) is 0 Å². The molecule has 1 rings (SSSR count). The molecule has 4 N–H and O–H groups in total. The van der Waals surface area contributed by atoms with Gasteiger partial charge in [0.25, 0.3) is 0 Å². The zero-order valence-electron chi connectivity index (χ0n) is 5.28. The number of carboxylic acid groups (broad SMARTS) is 2. The van der Waals surface area contributed by atoms with Crippen molar-refractivity contribution < 1.29 is 19.8 Å². The lowest BCUT2D eigenvalue weighted by atomic mass is 10.4. The summed E-state index contributed by atoms with van der Waals surface area (Å²) in [6, 6.07) is 0. The summed E-state index contributed by atoms with van der Waals surface area (Å²) in [5.41, 5.74) is 4.86. The van der Waals surface area contributed by atoms with Crippen LogP contribution in [0.2, 0.25) is 0 Å². The molecular weight excluding hydrogens is 138 g/mol. The number of carbonyl (C=O) groups excluding carboxylic acids is 1. The monoisotopic (exact) mass is 147 g/mol. The number of hydrogen-bond donors (Lipinski definition) is 3. The third-order valence-corrected chi connectivity index (χ3v) is 0.980. The Balaban J connectivity index is 0.000000180. The molecule has 58 valence electrons. The number of primary amides is 1. The summed E-state index contributed by atoms with van der Waals surface area (Å²) in [5, 5.41) is 13.9. The van der Waals surface area contributed by atoms with Crippen LogP contribution >= 0.6 is 0 Å². The van der Waals surface area contributed by atoms with Crippen LogP contribution in [0, 0.1) is 5.92 Å². The van der Waals surface area contributed by atoms with Gasteiger partial charge in [-0.25, -0.2) is 4.79 Å². The van der Waals surface area contributed by atoms with Crippen molar-refractivity contribution in [2.45, 2.75) is 12.8 Å². The minimum Gasteiger partial charge on any atom is -0.450 e. The highest BCUT2D eigenvalue weighted by Gasteiger charge is 2.26. The first-order valence-electron chi connectivity index (χ1n) is 2.75. The minimum absolute atomic E-state index is 0.130. The zero-order valence-corrected chi connectivity index (χ0v) is 5.28. The Bertz CT molecular complexity index is 137. The number of carbonyl (C=O) groups is 2. The van der Waals surface area contributed by atoms with Crippen molar-refractivity contribution in [3.63, 3.8) is 0 Å². The molecule has 0 aromatic heterocycles. The first-order chi connectivity index (χ1) is 4.54. The van der Waals surface area contributed by atoms with Crippen LogP contribution in [-0.2, 0) is 4.79 Å². The van der Waals surface area contributed by atoms with E-state index in [1.165, 1.54) is 0 Å². The predicted molar refractivity (Wildman–Crippen MR) is 32.6 cm³/mol. The van der Waals surface area contributed by atoms with Crippen LogP contribution in [0.4, 0.5) is 4.79 Å². The Morgan fingerprint density at radius 3 is 1.60 bits per heavy atom. The molecule has 0 aromatic carbocycles.